The number of nitrogens with one attached hydrogen (secondary N) is 1. The predicted octanol–water partition coefficient (Wildman–Crippen LogP) is 1.44. The van der Waals surface area contributed by atoms with Crippen LogP contribution in [-0.4, -0.2) is 37.7 Å². The van der Waals surface area contributed by atoms with Gasteiger partial charge in [-0.25, -0.2) is 13.1 Å². The average Bonchev–Trinajstić information content (AvgIpc) is 2.37. The molecule has 0 aliphatic heterocycles. The van der Waals surface area contributed by atoms with E-state index in [1.165, 1.54) is 11.8 Å². The van der Waals surface area contributed by atoms with E-state index in [1.807, 2.05) is 25.1 Å². The van der Waals surface area contributed by atoms with Crippen molar-refractivity contribution in [3.63, 3.8) is 0 Å². The first-order valence-electron chi connectivity index (χ1n) is 6.56. The van der Waals surface area contributed by atoms with Gasteiger partial charge in [0, 0.05) is 22.9 Å². The monoisotopic (exact) mass is 318 g/mol. The van der Waals surface area contributed by atoms with Crippen LogP contribution in [0.4, 0.5) is 5.69 Å². The molecule has 0 saturated carbocycles. The standard InChI is InChI=1S/C13H22N2O3S2/c1-2-4-12(16)10-15-20(17,18)8-7-19-13-6-3-5-11(14)9-13/h3,5-6,9,12,15-16H,2,4,7-8,10,14H2,1H3. The molecule has 0 heterocycles. The van der Waals surface area contributed by atoms with Crippen molar-refractivity contribution in [1.82, 2.24) is 4.72 Å². The van der Waals surface area contributed by atoms with Crippen LogP contribution in [0.25, 0.3) is 0 Å². The molecule has 0 bridgehead atoms. The van der Waals surface area contributed by atoms with Gasteiger partial charge in [-0.2, -0.15) is 0 Å². The van der Waals surface area contributed by atoms with Gasteiger partial charge in [0.1, 0.15) is 0 Å². The van der Waals surface area contributed by atoms with E-state index in [-0.39, 0.29) is 12.3 Å². The van der Waals surface area contributed by atoms with Crippen molar-refractivity contribution in [3.8, 4) is 0 Å². The van der Waals surface area contributed by atoms with Crippen molar-refractivity contribution >= 4 is 27.5 Å². The Labute approximate surface area is 125 Å². The second kappa shape index (κ2) is 8.51. The molecular weight excluding hydrogens is 296 g/mol. The third-order valence-corrected chi connectivity index (χ3v) is 5.24. The maximum absolute atomic E-state index is 11.7. The number of benzene rings is 1. The van der Waals surface area contributed by atoms with Crippen LogP contribution in [0.1, 0.15) is 19.8 Å². The number of nitrogens with two attached hydrogens (primary N) is 1. The fourth-order valence-corrected chi connectivity index (χ4v) is 4.04. The van der Waals surface area contributed by atoms with Gasteiger partial charge in [-0.05, 0) is 24.6 Å². The Hall–Kier alpha value is -0.760. The van der Waals surface area contributed by atoms with E-state index < -0.39 is 16.1 Å². The van der Waals surface area contributed by atoms with Gasteiger partial charge in [-0.1, -0.05) is 19.4 Å². The maximum Gasteiger partial charge on any atom is 0.212 e. The molecule has 0 radical (unpaired) electrons. The number of aliphatic hydroxyl groups is 1. The van der Waals surface area contributed by atoms with Gasteiger partial charge in [0.15, 0.2) is 0 Å². The summed E-state index contributed by atoms with van der Waals surface area (Å²) in [5.74, 6) is 0.466. The smallest absolute Gasteiger partial charge is 0.212 e. The molecule has 1 aromatic carbocycles. The molecule has 114 valence electrons. The lowest BCUT2D eigenvalue weighted by Crippen LogP contribution is -2.34. The first kappa shape index (κ1) is 17.3. The normalized spacial score (nSPS) is 13.3. The van der Waals surface area contributed by atoms with Crippen LogP contribution in [0.3, 0.4) is 0 Å². The summed E-state index contributed by atoms with van der Waals surface area (Å²) in [5.41, 5.74) is 6.32. The van der Waals surface area contributed by atoms with Crippen LogP contribution in [0.15, 0.2) is 29.2 Å². The summed E-state index contributed by atoms with van der Waals surface area (Å²) < 4.78 is 25.9. The second-order valence-electron chi connectivity index (χ2n) is 4.53. The predicted molar refractivity (Wildman–Crippen MR) is 84.3 cm³/mol. The van der Waals surface area contributed by atoms with Crippen LogP contribution >= 0.6 is 11.8 Å². The number of hydrogen-bond donors (Lipinski definition) is 3. The molecule has 0 aliphatic carbocycles. The number of sulfonamides is 1. The highest BCUT2D eigenvalue weighted by atomic mass is 32.2. The van der Waals surface area contributed by atoms with E-state index in [0.29, 0.717) is 17.9 Å². The van der Waals surface area contributed by atoms with Crippen LogP contribution in [0.5, 0.6) is 0 Å². The van der Waals surface area contributed by atoms with Gasteiger partial charge in [-0.15, -0.1) is 11.8 Å². The largest absolute Gasteiger partial charge is 0.399 e. The highest BCUT2D eigenvalue weighted by Crippen LogP contribution is 2.20. The molecule has 1 aromatic rings. The van der Waals surface area contributed by atoms with Gasteiger partial charge in [-0.3, -0.25) is 0 Å². The number of nitrogen functional groups attached to an aromatic ring is 1. The van der Waals surface area contributed by atoms with Crippen molar-refractivity contribution in [1.29, 1.82) is 0 Å². The van der Waals surface area contributed by atoms with E-state index in [1.54, 1.807) is 6.07 Å². The summed E-state index contributed by atoms with van der Waals surface area (Å²) in [6.45, 7) is 2.03. The number of aliphatic hydroxyl groups excluding tert-OH is 1. The van der Waals surface area contributed by atoms with Crippen molar-refractivity contribution in [2.24, 2.45) is 0 Å². The highest BCUT2D eigenvalue weighted by Gasteiger charge is 2.12. The molecule has 1 unspecified atom stereocenters. The molecule has 5 nitrogen and oxygen atoms in total. The fraction of sp³-hybridized carbons (Fsp3) is 0.538. The quantitative estimate of drug-likeness (QED) is 0.473. The van der Waals surface area contributed by atoms with Gasteiger partial charge >= 0.3 is 0 Å². The summed E-state index contributed by atoms with van der Waals surface area (Å²) in [6.07, 6.45) is 0.811. The molecule has 20 heavy (non-hydrogen) atoms. The van der Waals surface area contributed by atoms with Gasteiger partial charge < -0.3 is 10.8 Å². The zero-order valence-electron chi connectivity index (χ0n) is 11.6. The van der Waals surface area contributed by atoms with E-state index in [0.717, 1.165) is 11.3 Å². The van der Waals surface area contributed by atoms with Crippen LogP contribution in [0.2, 0.25) is 0 Å². The van der Waals surface area contributed by atoms with Crippen molar-refractivity contribution in [3.05, 3.63) is 24.3 Å². The Balaban J connectivity index is 2.32. The molecule has 1 atom stereocenters. The molecule has 0 spiro atoms. The highest BCUT2D eigenvalue weighted by molar-refractivity contribution is 8.00. The molecule has 0 saturated heterocycles. The van der Waals surface area contributed by atoms with E-state index >= 15 is 0 Å². The molecule has 0 fully saturated rings. The maximum atomic E-state index is 11.7. The Morgan fingerprint density at radius 1 is 1.45 bits per heavy atom. The van der Waals surface area contributed by atoms with Crippen molar-refractivity contribution in [2.75, 3.05) is 23.8 Å². The lowest BCUT2D eigenvalue weighted by Gasteiger charge is -2.11. The van der Waals surface area contributed by atoms with E-state index in [4.69, 9.17) is 5.73 Å². The fourth-order valence-electron chi connectivity index (χ4n) is 1.60. The summed E-state index contributed by atoms with van der Waals surface area (Å²) in [7, 11) is -3.34. The zero-order valence-corrected chi connectivity index (χ0v) is 13.2. The van der Waals surface area contributed by atoms with Gasteiger partial charge in [0.2, 0.25) is 10.0 Å². The molecule has 0 aliphatic rings. The third-order valence-electron chi connectivity index (χ3n) is 2.64. The first-order valence-corrected chi connectivity index (χ1v) is 9.20. The summed E-state index contributed by atoms with van der Waals surface area (Å²) in [5, 5.41) is 9.50. The Morgan fingerprint density at radius 3 is 2.85 bits per heavy atom. The average molecular weight is 318 g/mol. The summed E-state index contributed by atoms with van der Waals surface area (Å²) in [4.78, 5) is 0.950. The number of anilines is 1. The molecule has 0 aromatic heterocycles. The minimum Gasteiger partial charge on any atom is -0.399 e. The number of thioether (sulfide) groups is 1. The lowest BCUT2D eigenvalue weighted by atomic mass is 10.2. The third kappa shape index (κ3) is 7.14. The number of hydrogen-bond acceptors (Lipinski definition) is 5. The number of rotatable bonds is 9. The van der Waals surface area contributed by atoms with E-state index in [2.05, 4.69) is 4.72 Å². The summed E-state index contributed by atoms with van der Waals surface area (Å²) >= 11 is 1.44. The zero-order chi connectivity index (χ0) is 15.0. The summed E-state index contributed by atoms with van der Waals surface area (Å²) in [6, 6.07) is 7.34. The topological polar surface area (TPSA) is 92.4 Å². The van der Waals surface area contributed by atoms with E-state index in [9.17, 15) is 13.5 Å². The Bertz CT molecular complexity index is 506. The van der Waals surface area contributed by atoms with Crippen molar-refractivity contribution < 1.29 is 13.5 Å². The minimum absolute atomic E-state index is 0.0192. The Morgan fingerprint density at radius 2 is 2.20 bits per heavy atom. The minimum atomic E-state index is -3.34. The first-order chi connectivity index (χ1) is 9.43. The van der Waals surface area contributed by atoms with Crippen LogP contribution in [0, 0.1) is 0 Å². The van der Waals surface area contributed by atoms with Gasteiger partial charge in [0.25, 0.3) is 0 Å². The molecule has 0 amide bonds. The molecule has 4 N–H and O–H groups in total. The SMILES string of the molecule is CCCC(O)CNS(=O)(=O)CCSc1cccc(N)c1. The Kier molecular flexibility index (Phi) is 7.36. The molecular formula is C13H22N2O3S2. The molecule has 1 rings (SSSR count). The lowest BCUT2D eigenvalue weighted by molar-refractivity contribution is 0.167. The van der Waals surface area contributed by atoms with Crippen molar-refractivity contribution in [2.45, 2.75) is 30.8 Å². The second-order valence-corrected chi connectivity index (χ2v) is 7.63. The van der Waals surface area contributed by atoms with Crippen LogP contribution < -0.4 is 10.5 Å². The molecule has 7 heteroatoms. The van der Waals surface area contributed by atoms with Gasteiger partial charge in [0.05, 0.1) is 11.9 Å². The van der Waals surface area contributed by atoms with Crippen LogP contribution in [-0.2, 0) is 10.0 Å².